The molecule has 0 aromatic heterocycles. The molecule has 18 heavy (non-hydrogen) atoms. The number of nitrogens with one attached hydrogen (secondary N) is 1. The zero-order valence-electron chi connectivity index (χ0n) is 12.3. The van der Waals surface area contributed by atoms with E-state index in [4.69, 9.17) is 0 Å². The number of hydrogen-bond donors (Lipinski definition) is 2. The van der Waals surface area contributed by atoms with E-state index in [1.54, 1.807) is 0 Å². The molecule has 2 rings (SSSR count). The highest BCUT2D eigenvalue weighted by Crippen LogP contribution is 2.32. The van der Waals surface area contributed by atoms with Crippen molar-refractivity contribution in [2.24, 2.45) is 11.8 Å². The molecule has 2 aliphatic carbocycles. The normalized spacial score (nSPS) is 36.5. The van der Waals surface area contributed by atoms with Gasteiger partial charge >= 0.3 is 0 Å². The summed E-state index contributed by atoms with van der Waals surface area (Å²) in [5.41, 5.74) is -0.421. The quantitative estimate of drug-likeness (QED) is 0.804. The molecule has 2 heteroatoms. The first kappa shape index (κ1) is 14.3. The molecule has 0 radical (unpaired) electrons. The first-order chi connectivity index (χ1) is 8.59. The molecule has 106 valence electrons. The van der Waals surface area contributed by atoms with Crippen LogP contribution in [0, 0.1) is 11.8 Å². The molecule has 0 amide bonds. The van der Waals surface area contributed by atoms with E-state index in [1.165, 1.54) is 44.9 Å². The van der Waals surface area contributed by atoms with Crippen molar-refractivity contribution in [3.05, 3.63) is 0 Å². The number of rotatable bonds is 4. The van der Waals surface area contributed by atoms with Gasteiger partial charge in [0, 0.05) is 12.6 Å². The van der Waals surface area contributed by atoms with Gasteiger partial charge in [-0.3, -0.25) is 0 Å². The minimum Gasteiger partial charge on any atom is -0.389 e. The van der Waals surface area contributed by atoms with Crippen LogP contribution < -0.4 is 5.32 Å². The Balaban J connectivity index is 1.72. The highest BCUT2D eigenvalue weighted by molar-refractivity contribution is 4.88. The highest BCUT2D eigenvalue weighted by atomic mass is 16.3. The Bertz CT molecular complexity index is 239. The second kappa shape index (κ2) is 6.38. The summed E-state index contributed by atoms with van der Waals surface area (Å²) < 4.78 is 0. The summed E-state index contributed by atoms with van der Waals surface area (Å²) in [6, 6.07) is 0.577. The lowest BCUT2D eigenvalue weighted by molar-refractivity contribution is -0.00959. The fraction of sp³-hybridized carbons (Fsp3) is 1.00. The molecule has 2 saturated carbocycles. The molecule has 0 bridgehead atoms. The predicted molar refractivity (Wildman–Crippen MR) is 76.6 cm³/mol. The fourth-order valence-electron chi connectivity index (χ4n) is 3.63. The van der Waals surface area contributed by atoms with Crippen molar-refractivity contribution in [2.75, 3.05) is 6.54 Å². The maximum Gasteiger partial charge on any atom is 0.0771 e. The molecule has 2 fully saturated rings. The standard InChI is InChI=1S/C16H31NO/c1-13-8-10-16(18,11-9-13)12-17-14(2)15-6-4-3-5-7-15/h13-15,17-18H,3-12H2,1-2H3. The first-order valence-electron chi connectivity index (χ1n) is 8.05. The number of hydrogen-bond acceptors (Lipinski definition) is 2. The van der Waals surface area contributed by atoms with Gasteiger partial charge in [0.05, 0.1) is 5.60 Å². The lowest BCUT2D eigenvalue weighted by Gasteiger charge is -2.37. The molecule has 2 N–H and O–H groups in total. The van der Waals surface area contributed by atoms with Gasteiger partial charge in [-0.25, -0.2) is 0 Å². The van der Waals surface area contributed by atoms with E-state index < -0.39 is 5.60 Å². The van der Waals surface area contributed by atoms with Crippen molar-refractivity contribution in [2.45, 2.75) is 83.3 Å². The van der Waals surface area contributed by atoms with Gasteiger partial charge in [0.25, 0.3) is 0 Å². The lowest BCUT2D eigenvalue weighted by atomic mass is 9.79. The van der Waals surface area contributed by atoms with Crippen molar-refractivity contribution < 1.29 is 5.11 Å². The van der Waals surface area contributed by atoms with Gasteiger partial charge in [-0.1, -0.05) is 26.2 Å². The zero-order chi connectivity index (χ0) is 13.0. The Morgan fingerprint density at radius 1 is 1.11 bits per heavy atom. The molecule has 2 aliphatic rings. The van der Waals surface area contributed by atoms with Crippen LogP contribution in [0.15, 0.2) is 0 Å². The monoisotopic (exact) mass is 253 g/mol. The van der Waals surface area contributed by atoms with Crippen molar-refractivity contribution in [1.29, 1.82) is 0 Å². The third-order valence-corrected chi connectivity index (χ3v) is 5.32. The minimum absolute atomic E-state index is 0.421. The smallest absolute Gasteiger partial charge is 0.0771 e. The topological polar surface area (TPSA) is 32.3 Å². The molecule has 0 aromatic rings. The van der Waals surface area contributed by atoms with Crippen LogP contribution >= 0.6 is 0 Å². The molecule has 1 atom stereocenters. The second-order valence-electron chi connectivity index (χ2n) is 6.97. The summed E-state index contributed by atoms with van der Waals surface area (Å²) in [6.45, 7) is 5.42. The third-order valence-electron chi connectivity index (χ3n) is 5.32. The van der Waals surface area contributed by atoms with Gasteiger partial charge in [-0.05, 0) is 57.3 Å². The molecule has 0 heterocycles. The summed E-state index contributed by atoms with van der Waals surface area (Å²) >= 11 is 0. The van der Waals surface area contributed by atoms with Crippen LogP contribution in [0.3, 0.4) is 0 Å². The van der Waals surface area contributed by atoms with Gasteiger partial charge in [-0.15, -0.1) is 0 Å². The van der Waals surface area contributed by atoms with Crippen LogP contribution in [-0.4, -0.2) is 23.3 Å². The Morgan fingerprint density at radius 3 is 2.33 bits per heavy atom. The van der Waals surface area contributed by atoms with Gasteiger partial charge in [0.2, 0.25) is 0 Å². The second-order valence-corrected chi connectivity index (χ2v) is 6.97. The highest BCUT2D eigenvalue weighted by Gasteiger charge is 2.32. The minimum atomic E-state index is -0.421. The van der Waals surface area contributed by atoms with E-state index in [2.05, 4.69) is 19.2 Å². The predicted octanol–water partition coefficient (Wildman–Crippen LogP) is 3.49. The average molecular weight is 253 g/mol. The molecular formula is C16H31NO. The van der Waals surface area contributed by atoms with E-state index in [9.17, 15) is 5.11 Å². The van der Waals surface area contributed by atoms with Gasteiger partial charge < -0.3 is 10.4 Å². The first-order valence-corrected chi connectivity index (χ1v) is 8.05. The van der Waals surface area contributed by atoms with Crippen LogP contribution in [0.1, 0.15) is 71.6 Å². The zero-order valence-corrected chi connectivity index (χ0v) is 12.3. The fourth-order valence-corrected chi connectivity index (χ4v) is 3.63. The average Bonchev–Trinajstić information content (AvgIpc) is 2.41. The SMILES string of the molecule is CC1CCC(O)(CNC(C)C2CCCCC2)CC1. The molecular weight excluding hydrogens is 222 g/mol. The van der Waals surface area contributed by atoms with Crippen LogP contribution in [-0.2, 0) is 0 Å². The maximum atomic E-state index is 10.6. The van der Waals surface area contributed by atoms with E-state index >= 15 is 0 Å². The largest absolute Gasteiger partial charge is 0.389 e. The van der Waals surface area contributed by atoms with Crippen molar-refractivity contribution in [3.63, 3.8) is 0 Å². The van der Waals surface area contributed by atoms with Gasteiger partial charge in [-0.2, -0.15) is 0 Å². The van der Waals surface area contributed by atoms with E-state index in [0.29, 0.717) is 6.04 Å². The van der Waals surface area contributed by atoms with E-state index in [0.717, 1.165) is 31.2 Å². The Hall–Kier alpha value is -0.0800. The summed E-state index contributed by atoms with van der Waals surface area (Å²) in [7, 11) is 0. The molecule has 0 aliphatic heterocycles. The van der Waals surface area contributed by atoms with Crippen molar-refractivity contribution >= 4 is 0 Å². The van der Waals surface area contributed by atoms with E-state index in [-0.39, 0.29) is 0 Å². The molecule has 0 saturated heterocycles. The summed E-state index contributed by atoms with van der Waals surface area (Å²) in [5.74, 6) is 1.64. The van der Waals surface area contributed by atoms with Crippen LogP contribution in [0.25, 0.3) is 0 Å². The summed E-state index contributed by atoms with van der Waals surface area (Å²) in [5, 5.41) is 14.2. The molecule has 1 unspecified atom stereocenters. The van der Waals surface area contributed by atoms with Gasteiger partial charge in [0.15, 0.2) is 0 Å². The van der Waals surface area contributed by atoms with Crippen LogP contribution in [0.5, 0.6) is 0 Å². The van der Waals surface area contributed by atoms with E-state index in [1.807, 2.05) is 0 Å². The summed E-state index contributed by atoms with van der Waals surface area (Å²) in [4.78, 5) is 0. The van der Waals surface area contributed by atoms with Crippen LogP contribution in [0.4, 0.5) is 0 Å². The molecule has 0 spiro atoms. The molecule has 0 aromatic carbocycles. The lowest BCUT2D eigenvalue weighted by Crippen LogP contribution is -2.47. The van der Waals surface area contributed by atoms with Crippen molar-refractivity contribution in [1.82, 2.24) is 5.32 Å². The Labute approximate surface area is 113 Å². The summed E-state index contributed by atoms with van der Waals surface area (Å²) in [6.07, 6.45) is 11.3. The number of aliphatic hydroxyl groups is 1. The third kappa shape index (κ3) is 3.96. The Morgan fingerprint density at radius 2 is 1.72 bits per heavy atom. The Kier molecular flexibility index (Phi) is 5.08. The maximum absolute atomic E-state index is 10.6. The molecule has 2 nitrogen and oxygen atoms in total. The van der Waals surface area contributed by atoms with Crippen molar-refractivity contribution in [3.8, 4) is 0 Å². The van der Waals surface area contributed by atoms with Gasteiger partial charge in [0.1, 0.15) is 0 Å². The van der Waals surface area contributed by atoms with Crippen LogP contribution in [0.2, 0.25) is 0 Å².